The Labute approximate surface area is 129 Å². The molecule has 5 nitrogen and oxygen atoms in total. The Hall–Kier alpha value is -1.30. The molecule has 0 spiro atoms. The lowest BCUT2D eigenvalue weighted by Crippen LogP contribution is -2.45. The Balaban J connectivity index is 1.93. The summed E-state index contributed by atoms with van der Waals surface area (Å²) in [6, 6.07) is 5.22. The van der Waals surface area contributed by atoms with Gasteiger partial charge in [-0.3, -0.25) is 9.69 Å². The number of benzene rings is 1. The molecule has 1 saturated heterocycles. The quantitative estimate of drug-likeness (QED) is 0.874. The summed E-state index contributed by atoms with van der Waals surface area (Å²) in [7, 11) is 1.55. The third-order valence-electron chi connectivity index (χ3n) is 3.74. The van der Waals surface area contributed by atoms with Gasteiger partial charge in [-0.15, -0.1) is 0 Å². The predicted octanol–water partition coefficient (Wildman–Crippen LogP) is 2.13. The summed E-state index contributed by atoms with van der Waals surface area (Å²) in [5, 5.41) is 12.6. The van der Waals surface area contributed by atoms with Crippen molar-refractivity contribution in [2.45, 2.75) is 25.3 Å². The molecule has 116 valence electrons. The Morgan fingerprint density at radius 3 is 3.00 bits per heavy atom. The second-order valence-corrected chi connectivity index (χ2v) is 5.61. The number of halogens is 1. The molecule has 1 amide bonds. The van der Waals surface area contributed by atoms with E-state index >= 15 is 0 Å². The molecular weight excluding hydrogens is 292 g/mol. The Morgan fingerprint density at radius 2 is 2.33 bits per heavy atom. The van der Waals surface area contributed by atoms with Crippen LogP contribution in [0.4, 0.5) is 5.69 Å². The second kappa shape index (κ2) is 7.64. The molecule has 1 fully saturated rings. The van der Waals surface area contributed by atoms with Crippen molar-refractivity contribution >= 4 is 23.2 Å². The fraction of sp³-hybridized carbons (Fsp3) is 0.533. The molecule has 0 saturated carbocycles. The number of nitrogens with one attached hydrogen (secondary N) is 1. The number of hydrogen-bond donors (Lipinski definition) is 2. The number of rotatable bonds is 5. The van der Waals surface area contributed by atoms with Gasteiger partial charge in [0, 0.05) is 11.7 Å². The zero-order chi connectivity index (χ0) is 15.2. The molecule has 0 radical (unpaired) electrons. The first-order chi connectivity index (χ1) is 10.1. The Kier molecular flexibility index (Phi) is 5.85. The molecule has 1 aromatic rings. The SMILES string of the molecule is COc1ccc(NC(=O)CN2CCCCC2CO)cc1Cl. The number of aliphatic hydroxyl groups is 1. The minimum atomic E-state index is -0.100. The van der Waals surface area contributed by atoms with Gasteiger partial charge in [-0.05, 0) is 37.6 Å². The zero-order valence-electron chi connectivity index (χ0n) is 12.1. The standard InChI is InChI=1S/C15H21ClN2O3/c1-21-14-6-5-11(8-13(14)16)17-15(20)9-18-7-3-2-4-12(18)10-19/h5-6,8,12,19H,2-4,7,9-10H2,1H3,(H,17,20). The lowest BCUT2D eigenvalue weighted by Gasteiger charge is -2.33. The Morgan fingerprint density at radius 1 is 1.52 bits per heavy atom. The monoisotopic (exact) mass is 312 g/mol. The van der Waals surface area contributed by atoms with Crippen LogP contribution in [0.3, 0.4) is 0 Å². The van der Waals surface area contributed by atoms with E-state index < -0.39 is 0 Å². The highest BCUT2D eigenvalue weighted by Gasteiger charge is 2.23. The highest BCUT2D eigenvalue weighted by molar-refractivity contribution is 6.32. The number of nitrogens with zero attached hydrogens (tertiary/aromatic N) is 1. The summed E-state index contributed by atoms with van der Waals surface area (Å²) in [4.78, 5) is 14.1. The maximum absolute atomic E-state index is 12.1. The van der Waals surface area contributed by atoms with Gasteiger partial charge in [-0.2, -0.15) is 0 Å². The second-order valence-electron chi connectivity index (χ2n) is 5.20. The van der Waals surface area contributed by atoms with Crippen LogP contribution in [0.25, 0.3) is 0 Å². The lowest BCUT2D eigenvalue weighted by molar-refractivity contribution is -0.118. The van der Waals surface area contributed by atoms with E-state index in [1.54, 1.807) is 25.3 Å². The number of likely N-dealkylation sites (tertiary alicyclic amines) is 1. The third kappa shape index (κ3) is 4.33. The molecule has 2 rings (SSSR count). The first kappa shape index (κ1) is 16.1. The number of carbonyl (C=O) groups excluding carboxylic acids is 1. The Bertz CT molecular complexity index is 496. The fourth-order valence-corrected chi connectivity index (χ4v) is 2.86. The summed E-state index contributed by atoms with van der Waals surface area (Å²) in [6.45, 7) is 1.23. The van der Waals surface area contributed by atoms with Crippen LogP contribution in [0, 0.1) is 0 Å². The van der Waals surface area contributed by atoms with E-state index in [1.165, 1.54) is 0 Å². The minimum Gasteiger partial charge on any atom is -0.495 e. The van der Waals surface area contributed by atoms with Crippen LogP contribution in [0.2, 0.25) is 5.02 Å². The van der Waals surface area contributed by atoms with Crippen LogP contribution in [-0.4, -0.2) is 48.8 Å². The van der Waals surface area contributed by atoms with Gasteiger partial charge in [0.2, 0.25) is 5.91 Å². The number of methoxy groups -OCH3 is 1. The van der Waals surface area contributed by atoms with Gasteiger partial charge < -0.3 is 15.2 Å². The summed E-state index contributed by atoms with van der Waals surface area (Å²) >= 11 is 6.03. The minimum absolute atomic E-state index is 0.0870. The van der Waals surface area contributed by atoms with Crippen molar-refractivity contribution in [2.24, 2.45) is 0 Å². The van der Waals surface area contributed by atoms with Crippen LogP contribution >= 0.6 is 11.6 Å². The maximum atomic E-state index is 12.1. The molecule has 1 aliphatic rings. The van der Waals surface area contributed by atoms with Gasteiger partial charge in [-0.1, -0.05) is 18.0 Å². The number of aliphatic hydroxyl groups excluding tert-OH is 1. The van der Waals surface area contributed by atoms with E-state index in [4.69, 9.17) is 16.3 Å². The molecule has 1 aromatic carbocycles. The molecular formula is C15H21ClN2O3. The van der Waals surface area contributed by atoms with Gasteiger partial charge in [0.15, 0.2) is 0 Å². The highest BCUT2D eigenvalue weighted by atomic mass is 35.5. The topological polar surface area (TPSA) is 61.8 Å². The van der Waals surface area contributed by atoms with Crippen molar-refractivity contribution < 1.29 is 14.6 Å². The maximum Gasteiger partial charge on any atom is 0.238 e. The number of piperidine rings is 1. The molecule has 1 aliphatic heterocycles. The van der Waals surface area contributed by atoms with Crippen LogP contribution in [-0.2, 0) is 4.79 Å². The molecule has 0 bridgehead atoms. The van der Waals surface area contributed by atoms with E-state index in [0.717, 1.165) is 25.8 Å². The molecule has 6 heteroatoms. The largest absolute Gasteiger partial charge is 0.495 e. The van der Waals surface area contributed by atoms with Crippen molar-refractivity contribution in [1.82, 2.24) is 4.90 Å². The van der Waals surface area contributed by atoms with Crippen LogP contribution in [0.5, 0.6) is 5.75 Å². The summed E-state index contributed by atoms with van der Waals surface area (Å²) < 4.78 is 5.07. The lowest BCUT2D eigenvalue weighted by atomic mass is 10.0. The summed E-state index contributed by atoms with van der Waals surface area (Å²) in [6.07, 6.45) is 3.12. The number of amides is 1. The van der Waals surface area contributed by atoms with Gasteiger partial charge in [-0.25, -0.2) is 0 Å². The van der Waals surface area contributed by atoms with Crippen LogP contribution in [0.1, 0.15) is 19.3 Å². The van der Waals surface area contributed by atoms with Crippen LogP contribution in [0.15, 0.2) is 18.2 Å². The van der Waals surface area contributed by atoms with E-state index in [2.05, 4.69) is 5.32 Å². The van der Waals surface area contributed by atoms with Gasteiger partial charge in [0.1, 0.15) is 5.75 Å². The molecule has 1 unspecified atom stereocenters. The van der Waals surface area contributed by atoms with Gasteiger partial charge in [0.25, 0.3) is 0 Å². The fourth-order valence-electron chi connectivity index (χ4n) is 2.60. The average molecular weight is 313 g/mol. The molecule has 1 atom stereocenters. The van der Waals surface area contributed by atoms with Crippen molar-refractivity contribution in [3.63, 3.8) is 0 Å². The van der Waals surface area contributed by atoms with Crippen molar-refractivity contribution in [3.8, 4) is 5.75 Å². The average Bonchev–Trinajstić information content (AvgIpc) is 2.48. The summed E-state index contributed by atoms with van der Waals surface area (Å²) in [5.74, 6) is 0.475. The van der Waals surface area contributed by atoms with Crippen molar-refractivity contribution in [2.75, 3.05) is 32.1 Å². The van der Waals surface area contributed by atoms with Crippen molar-refractivity contribution in [1.29, 1.82) is 0 Å². The normalized spacial score (nSPS) is 19.3. The summed E-state index contributed by atoms with van der Waals surface area (Å²) in [5.41, 5.74) is 0.642. The predicted molar refractivity (Wildman–Crippen MR) is 82.9 cm³/mol. The smallest absolute Gasteiger partial charge is 0.238 e. The number of anilines is 1. The third-order valence-corrected chi connectivity index (χ3v) is 4.04. The molecule has 0 aliphatic carbocycles. The molecule has 2 N–H and O–H groups in total. The molecule has 0 aromatic heterocycles. The van der Waals surface area contributed by atoms with Gasteiger partial charge in [0.05, 0.1) is 25.3 Å². The van der Waals surface area contributed by atoms with E-state index in [1.807, 2.05) is 4.90 Å². The number of carbonyl (C=O) groups is 1. The first-order valence-corrected chi connectivity index (χ1v) is 7.50. The molecule has 1 heterocycles. The van der Waals surface area contributed by atoms with Crippen LogP contribution < -0.4 is 10.1 Å². The first-order valence-electron chi connectivity index (χ1n) is 7.12. The zero-order valence-corrected chi connectivity index (χ0v) is 12.9. The number of hydrogen-bond acceptors (Lipinski definition) is 4. The van der Waals surface area contributed by atoms with E-state index in [-0.39, 0.29) is 25.1 Å². The molecule has 21 heavy (non-hydrogen) atoms. The van der Waals surface area contributed by atoms with E-state index in [9.17, 15) is 9.90 Å². The van der Waals surface area contributed by atoms with Gasteiger partial charge >= 0.3 is 0 Å². The number of ether oxygens (including phenoxy) is 1. The highest BCUT2D eigenvalue weighted by Crippen LogP contribution is 2.27. The van der Waals surface area contributed by atoms with E-state index in [0.29, 0.717) is 16.5 Å². The van der Waals surface area contributed by atoms with Crippen molar-refractivity contribution in [3.05, 3.63) is 23.2 Å².